The highest BCUT2D eigenvalue weighted by atomic mass is 32.2. The van der Waals surface area contributed by atoms with Crippen molar-refractivity contribution in [3.63, 3.8) is 0 Å². The van der Waals surface area contributed by atoms with Crippen LogP contribution in [0.3, 0.4) is 0 Å². The Morgan fingerprint density at radius 3 is 1.88 bits per heavy atom. The second-order valence-corrected chi connectivity index (χ2v) is 5.23. The molecule has 0 aliphatic carbocycles. The molecule has 0 radical (unpaired) electrons. The van der Waals surface area contributed by atoms with Gasteiger partial charge in [-0.3, -0.25) is 4.55 Å². The number of rotatable bonds is 4. The molecule has 0 fully saturated rings. The Balaban J connectivity index is 3.31. The molecule has 0 aromatic heterocycles. The van der Waals surface area contributed by atoms with Crippen molar-refractivity contribution >= 4 is 17.0 Å². The highest BCUT2D eigenvalue weighted by Crippen LogP contribution is 2.34. The zero-order valence-electron chi connectivity index (χ0n) is 10.6. The molecule has 3 N–H and O–H groups in total. The lowest BCUT2D eigenvalue weighted by atomic mass is 9.92. The summed E-state index contributed by atoms with van der Waals surface area (Å²) in [6.07, 6.45) is 0. The minimum Gasteiger partial charge on any atom is -0.398 e. The highest BCUT2D eigenvalue weighted by molar-refractivity contribution is 7.74. The standard InChI is InChI=1S/C12H19NO3S/c1-7(2)10-5-9(16-17(14)15)6-11(8(3)4)12(10)13/h5-8H,13H2,1-4H3,(H,14,15). The van der Waals surface area contributed by atoms with Crippen molar-refractivity contribution in [2.45, 2.75) is 39.5 Å². The van der Waals surface area contributed by atoms with Crippen molar-refractivity contribution in [2.24, 2.45) is 0 Å². The zero-order chi connectivity index (χ0) is 13.2. The molecule has 0 bridgehead atoms. The van der Waals surface area contributed by atoms with Crippen LogP contribution in [0.1, 0.15) is 50.7 Å². The van der Waals surface area contributed by atoms with Crippen LogP contribution in [0.2, 0.25) is 0 Å². The molecule has 96 valence electrons. The van der Waals surface area contributed by atoms with Gasteiger partial charge in [-0.1, -0.05) is 27.7 Å². The monoisotopic (exact) mass is 257 g/mol. The average molecular weight is 257 g/mol. The molecule has 1 unspecified atom stereocenters. The van der Waals surface area contributed by atoms with E-state index in [4.69, 9.17) is 14.5 Å². The van der Waals surface area contributed by atoms with Crippen LogP contribution in [0, 0.1) is 0 Å². The Labute approximate surface area is 105 Å². The molecule has 1 aromatic rings. The van der Waals surface area contributed by atoms with Crippen molar-refractivity contribution in [3.05, 3.63) is 23.3 Å². The molecule has 1 rings (SSSR count). The van der Waals surface area contributed by atoms with Gasteiger partial charge in [-0.2, -0.15) is 4.21 Å². The number of anilines is 1. The molecule has 4 nitrogen and oxygen atoms in total. The van der Waals surface area contributed by atoms with Crippen molar-refractivity contribution < 1.29 is 12.9 Å². The smallest absolute Gasteiger partial charge is 0.357 e. The molecule has 1 aromatic carbocycles. The van der Waals surface area contributed by atoms with Gasteiger partial charge in [0.15, 0.2) is 0 Å². The molecule has 0 spiro atoms. The van der Waals surface area contributed by atoms with E-state index >= 15 is 0 Å². The van der Waals surface area contributed by atoms with E-state index < -0.39 is 11.4 Å². The minimum absolute atomic E-state index is 0.239. The predicted molar refractivity (Wildman–Crippen MR) is 70.4 cm³/mol. The molecule has 5 heteroatoms. The summed E-state index contributed by atoms with van der Waals surface area (Å²) in [4.78, 5) is 0. The van der Waals surface area contributed by atoms with E-state index in [9.17, 15) is 4.21 Å². The second-order valence-electron chi connectivity index (χ2n) is 4.63. The lowest BCUT2D eigenvalue weighted by molar-refractivity contribution is 0.457. The fourth-order valence-corrected chi connectivity index (χ4v) is 2.02. The number of benzene rings is 1. The predicted octanol–water partition coefficient (Wildman–Crippen LogP) is 3.03. The molecular weight excluding hydrogens is 238 g/mol. The summed E-state index contributed by atoms with van der Waals surface area (Å²) < 4.78 is 24.2. The Bertz CT molecular complexity index is 401. The lowest BCUT2D eigenvalue weighted by Gasteiger charge is -2.17. The summed E-state index contributed by atoms with van der Waals surface area (Å²) >= 11 is -2.31. The van der Waals surface area contributed by atoms with E-state index in [2.05, 4.69) is 0 Å². The van der Waals surface area contributed by atoms with Gasteiger partial charge < -0.3 is 9.92 Å². The molecule has 0 saturated carbocycles. The fraction of sp³-hybridized carbons (Fsp3) is 0.500. The molecule has 17 heavy (non-hydrogen) atoms. The van der Waals surface area contributed by atoms with Crippen LogP contribution in [0.5, 0.6) is 5.75 Å². The van der Waals surface area contributed by atoms with Gasteiger partial charge in [-0.15, -0.1) is 0 Å². The van der Waals surface area contributed by atoms with Gasteiger partial charge in [-0.05, 0) is 35.1 Å². The van der Waals surface area contributed by atoms with E-state index in [0.29, 0.717) is 5.75 Å². The van der Waals surface area contributed by atoms with Crippen molar-refractivity contribution in [1.29, 1.82) is 0 Å². The third-order valence-electron chi connectivity index (χ3n) is 2.63. The topological polar surface area (TPSA) is 72.5 Å². The average Bonchev–Trinajstić information content (AvgIpc) is 2.18. The number of hydrogen-bond donors (Lipinski definition) is 2. The Morgan fingerprint density at radius 1 is 1.18 bits per heavy atom. The fourth-order valence-electron chi connectivity index (χ4n) is 1.76. The number of hydrogen-bond acceptors (Lipinski definition) is 3. The Morgan fingerprint density at radius 2 is 1.59 bits per heavy atom. The Kier molecular flexibility index (Phi) is 4.54. The minimum atomic E-state index is -2.31. The molecule has 0 aliphatic heterocycles. The van der Waals surface area contributed by atoms with Crippen molar-refractivity contribution in [3.8, 4) is 5.75 Å². The normalized spacial score (nSPS) is 13.1. The maximum absolute atomic E-state index is 10.7. The number of nitrogens with two attached hydrogens (primary N) is 1. The first-order chi connectivity index (χ1) is 7.82. The van der Waals surface area contributed by atoms with Gasteiger partial charge in [0, 0.05) is 5.69 Å². The van der Waals surface area contributed by atoms with Crippen LogP contribution in [-0.2, 0) is 11.4 Å². The first-order valence-corrected chi connectivity index (χ1v) is 6.58. The summed E-state index contributed by atoms with van der Waals surface area (Å²) in [5.74, 6) is 0.860. The maximum atomic E-state index is 10.7. The van der Waals surface area contributed by atoms with E-state index in [-0.39, 0.29) is 11.8 Å². The van der Waals surface area contributed by atoms with Crippen LogP contribution in [-0.4, -0.2) is 8.76 Å². The van der Waals surface area contributed by atoms with Crippen LogP contribution in [0.15, 0.2) is 12.1 Å². The molecule has 1 atom stereocenters. The maximum Gasteiger partial charge on any atom is 0.357 e. The molecule has 0 aliphatic rings. The van der Waals surface area contributed by atoms with Crippen LogP contribution >= 0.6 is 0 Å². The van der Waals surface area contributed by atoms with Gasteiger partial charge in [-0.25, -0.2) is 0 Å². The van der Waals surface area contributed by atoms with Gasteiger partial charge in [0.2, 0.25) is 0 Å². The van der Waals surface area contributed by atoms with Crippen LogP contribution < -0.4 is 9.92 Å². The molecule has 0 amide bonds. The first-order valence-electron chi connectivity index (χ1n) is 5.55. The van der Waals surface area contributed by atoms with Crippen LogP contribution in [0.4, 0.5) is 5.69 Å². The summed E-state index contributed by atoms with van der Waals surface area (Å²) in [6.45, 7) is 8.09. The SMILES string of the molecule is CC(C)c1cc(OS(=O)O)cc(C(C)C)c1N. The lowest BCUT2D eigenvalue weighted by Crippen LogP contribution is -2.06. The number of nitrogen functional groups attached to an aromatic ring is 1. The van der Waals surface area contributed by atoms with E-state index in [1.807, 2.05) is 27.7 Å². The van der Waals surface area contributed by atoms with E-state index in [0.717, 1.165) is 16.8 Å². The van der Waals surface area contributed by atoms with Crippen LogP contribution in [0.25, 0.3) is 0 Å². The van der Waals surface area contributed by atoms with E-state index in [1.165, 1.54) is 0 Å². The zero-order valence-corrected chi connectivity index (χ0v) is 11.4. The largest absolute Gasteiger partial charge is 0.398 e. The van der Waals surface area contributed by atoms with Gasteiger partial charge >= 0.3 is 11.4 Å². The van der Waals surface area contributed by atoms with E-state index in [1.54, 1.807) is 12.1 Å². The molecular formula is C12H19NO3S. The van der Waals surface area contributed by atoms with Crippen molar-refractivity contribution in [1.82, 2.24) is 0 Å². The van der Waals surface area contributed by atoms with Gasteiger partial charge in [0.1, 0.15) is 5.75 Å². The Hall–Kier alpha value is -1.07. The third kappa shape index (κ3) is 3.44. The molecule has 0 saturated heterocycles. The van der Waals surface area contributed by atoms with Gasteiger partial charge in [0.25, 0.3) is 0 Å². The highest BCUT2D eigenvalue weighted by Gasteiger charge is 2.14. The summed E-state index contributed by atoms with van der Waals surface area (Å²) in [6, 6.07) is 3.44. The summed E-state index contributed by atoms with van der Waals surface area (Å²) in [5, 5.41) is 0. The van der Waals surface area contributed by atoms with Crippen molar-refractivity contribution in [2.75, 3.05) is 5.73 Å². The quantitative estimate of drug-likeness (QED) is 0.642. The summed E-state index contributed by atoms with van der Waals surface area (Å²) in [5.41, 5.74) is 8.72. The first kappa shape index (κ1) is 14.0. The third-order valence-corrected chi connectivity index (χ3v) is 2.96. The molecule has 0 heterocycles. The van der Waals surface area contributed by atoms with Gasteiger partial charge in [0.05, 0.1) is 0 Å². The second kappa shape index (κ2) is 5.51. The summed E-state index contributed by atoms with van der Waals surface area (Å²) in [7, 11) is 0.